The molecule has 1 aromatic heterocycles. The lowest BCUT2D eigenvalue weighted by molar-refractivity contribution is 0.0598. The van der Waals surface area contributed by atoms with E-state index in [1.165, 1.54) is 14.1 Å². The second-order valence-corrected chi connectivity index (χ2v) is 2.96. The van der Waals surface area contributed by atoms with Gasteiger partial charge in [-0.2, -0.15) is 0 Å². The van der Waals surface area contributed by atoms with Gasteiger partial charge in [0.25, 0.3) is 5.56 Å². The smallest absolute Gasteiger partial charge is 0.347 e. The van der Waals surface area contributed by atoms with Crippen molar-refractivity contribution in [2.24, 2.45) is 14.1 Å². The normalized spacial score (nSPS) is 10.1. The summed E-state index contributed by atoms with van der Waals surface area (Å²) >= 11 is 0. The zero-order chi connectivity index (χ0) is 11.7. The van der Waals surface area contributed by atoms with Crippen molar-refractivity contribution < 1.29 is 9.53 Å². The van der Waals surface area contributed by atoms with Crippen molar-refractivity contribution in [2.75, 3.05) is 12.8 Å². The molecule has 1 aromatic rings. The van der Waals surface area contributed by atoms with Gasteiger partial charge in [-0.15, -0.1) is 0 Å². The number of esters is 1. The summed E-state index contributed by atoms with van der Waals surface area (Å²) in [5.74, 6) is -1.06. The fraction of sp³-hybridized carbons (Fsp3) is 0.375. The van der Waals surface area contributed by atoms with E-state index in [0.29, 0.717) is 0 Å². The lowest BCUT2D eigenvalue weighted by Crippen LogP contribution is -2.41. The number of nitrogen functional groups attached to an aromatic ring is 1. The molecule has 0 saturated carbocycles. The van der Waals surface area contributed by atoms with Crippen molar-refractivity contribution in [3.63, 3.8) is 0 Å². The van der Waals surface area contributed by atoms with Crippen molar-refractivity contribution in [1.82, 2.24) is 9.13 Å². The Morgan fingerprint density at radius 3 is 2.27 bits per heavy atom. The Morgan fingerprint density at radius 1 is 1.27 bits per heavy atom. The van der Waals surface area contributed by atoms with Gasteiger partial charge in [-0.25, -0.2) is 9.59 Å². The number of nitrogens with zero attached hydrogens (tertiary/aromatic N) is 2. The maximum absolute atomic E-state index is 11.5. The van der Waals surface area contributed by atoms with Crippen LogP contribution in [0.3, 0.4) is 0 Å². The van der Waals surface area contributed by atoms with Gasteiger partial charge < -0.3 is 10.5 Å². The number of ether oxygens (including phenoxy) is 1. The standard InChI is InChI=1S/C8H11N3O4/c1-10-5(9)4(7(13)15-3)6(12)11(2)8(10)14/h9H2,1-3H3. The summed E-state index contributed by atoms with van der Waals surface area (Å²) in [5.41, 5.74) is 3.79. The first-order valence-electron chi connectivity index (χ1n) is 4.05. The number of carbonyl (C=O) groups excluding carboxylic acids is 1. The number of nitrogens with two attached hydrogens (primary N) is 1. The molecule has 0 aliphatic carbocycles. The van der Waals surface area contributed by atoms with Gasteiger partial charge in [-0.1, -0.05) is 0 Å². The fourth-order valence-corrected chi connectivity index (χ4v) is 1.15. The van der Waals surface area contributed by atoms with Gasteiger partial charge in [0.1, 0.15) is 5.82 Å². The quantitative estimate of drug-likeness (QED) is 0.570. The molecule has 7 nitrogen and oxygen atoms in total. The molecule has 7 heteroatoms. The summed E-state index contributed by atoms with van der Waals surface area (Å²) in [6.07, 6.45) is 0. The van der Waals surface area contributed by atoms with E-state index >= 15 is 0 Å². The van der Waals surface area contributed by atoms with Crippen LogP contribution in [0.15, 0.2) is 9.59 Å². The minimum absolute atomic E-state index is 0.199. The first-order chi connectivity index (χ1) is 6.91. The van der Waals surface area contributed by atoms with Crippen molar-refractivity contribution >= 4 is 11.8 Å². The highest BCUT2D eigenvalue weighted by molar-refractivity contribution is 5.93. The monoisotopic (exact) mass is 213 g/mol. The third kappa shape index (κ3) is 1.51. The van der Waals surface area contributed by atoms with Crippen LogP contribution >= 0.6 is 0 Å². The minimum Gasteiger partial charge on any atom is -0.465 e. The molecule has 1 heterocycles. The van der Waals surface area contributed by atoms with Crippen LogP contribution in [0.4, 0.5) is 5.82 Å². The first-order valence-corrected chi connectivity index (χ1v) is 4.05. The Hall–Kier alpha value is -2.05. The molecule has 2 N–H and O–H groups in total. The maximum atomic E-state index is 11.5. The van der Waals surface area contributed by atoms with Crippen LogP contribution in [0, 0.1) is 0 Å². The SMILES string of the molecule is COC(=O)c1c(N)n(C)c(=O)n(C)c1=O. The lowest BCUT2D eigenvalue weighted by Gasteiger charge is -2.09. The predicted molar refractivity (Wildman–Crippen MR) is 52.7 cm³/mol. The van der Waals surface area contributed by atoms with E-state index in [1.54, 1.807) is 0 Å². The number of hydrogen-bond donors (Lipinski definition) is 1. The summed E-state index contributed by atoms with van der Waals surface area (Å²) in [6.45, 7) is 0. The zero-order valence-electron chi connectivity index (χ0n) is 8.60. The zero-order valence-corrected chi connectivity index (χ0v) is 8.60. The molecule has 0 saturated heterocycles. The van der Waals surface area contributed by atoms with Crippen molar-refractivity contribution in [1.29, 1.82) is 0 Å². The van der Waals surface area contributed by atoms with Crippen LogP contribution in [0.1, 0.15) is 10.4 Å². The molecular weight excluding hydrogens is 202 g/mol. The second kappa shape index (κ2) is 3.60. The summed E-state index contributed by atoms with van der Waals surface area (Å²) in [5, 5.41) is 0. The van der Waals surface area contributed by atoms with Gasteiger partial charge in [-0.3, -0.25) is 13.9 Å². The fourth-order valence-electron chi connectivity index (χ4n) is 1.15. The largest absolute Gasteiger partial charge is 0.465 e. The number of hydrogen-bond acceptors (Lipinski definition) is 5. The highest BCUT2D eigenvalue weighted by atomic mass is 16.5. The predicted octanol–water partition coefficient (Wildman–Crippen LogP) is -1.55. The number of aromatic nitrogens is 2. The molecule has 82 valence electrons. The molecule has 0 spiro atoms. The molecule has 1 rings (SSSR count). The minimum atomic E-state index is -0.858. The van der Waals surface area contributed by atoms with Gasteiger partial charge in [0.2, 0.25) is 0 Å². The molecule has 0 radical (unpaired) electrons. The maximum Gasteiger partial charge on any atom is 0.347 e. The molecule has 15 heavy (non-hydrogen) atoms. The van der Waals surface area contributed by atoms with Crippen LogP contribution in [-0.2, 0) is 18.8 Å². The molecular formula is C8H11N3O4. The average Bonchev–Trinajstić information content (AvgIpc) is 2.23. The third-order valence-corrected chi connectivity index (χ3v) is 2.10. The lowest BCUT2D eigenvalue weighted by atomic mass is 10.3. The van der Waals surface area contributed by atoms with Crippen molar-refractivity contribution in [3.8, 4) is 0 Å². The van der Waals surface area contributed by atoms with E-state index in [9.17, 15) is 14.4 Å². The average molecular weight is 213 g/mol. The Labute approximate surface area is 84.7 Å². The van der Waals surface area contributed by atoms with E-state index in [2.05, 4.69) is 4.74 Å². The number of methoxy groups -OCH3 is 1. The van der Waals surface area contributed by atoms with Crippen molar-refractivity contribution in [2.45, 2.75) is 0 Å². The molecule has 0 fully saturated rings. The summed E-state index contributed by atoms with van der Waals surface area (Å²) in [7, 11) is 3.76. The van der Waals surface area contributed by atoms with Gasteiger partial charge >= 0.3 is 11.7 Å². The molecule has 0 unspecified atom stereocenters. The first kappa shape index (κ1) is 11.0. The Balaban J connectivity index is 3.76. The van der Waals surface area contributed by atoms with Crippen LogP contribution < -0.4 is 17.0 Å². The highest BCUT2D eigenvalue weighted by Gasteiger charge is 2.20. The summed E-state index contributed by atoms with van der Waals surface area (Å²) in [4.78, 5) is 34.1. The molecule has 0 aromatic carbocycles. The molecule has 0 amide bonds. The molecule has 0 aliphatic rings. The van der Waals surface area contributed by atoms with Gasteiger partial charge in [-0.05, 0) is 0 Å². The van der Waals surface area contributed by atoms with Crippen molar-refractivity contribution in [3.05, 3.63) is 26.4 Å². The molecule has 0 bridgehead atoms. The number of anilines is 1. The van der Waals surface area contributed by atoms with Gasteiger partial charge in [0.05, 0.1) is 7.11 Å². The van der Waals surface area contributed by atoms with E-state index in [0.717, 1.165) is 16.2 Å². The Kier molecular flexibility index (Phi) is 2.65. The Bertz CT molecular complexity index is 526. The topological polar surface area (TPSA) is 96.3 Å². The van der Waals surface area contributed by atoms with Gasteiger partial charge in [0.15, 0.2) is 5.56 Å². The van der Waals surface area contributed by atoms with Crippen LogP contribution in [-0.4, -0.2) is 22.2 Å². The van der Waals surface area contributed by atoms with E-state index in [1.807, 2.05) is 0 Å². The van der Waals surface area contributed by atoms with E-state index < -0.39 is 17.2 Å². The Morgan fingerprint density at radius 2 is 1.80 bits per heavy atom. The molecule has 0 aliphatic heterocycles. The van der Waals surface area contributed by atoms with E-state index in [-0.39, 0.29) is 11.4 Å². The van der Waals surface area contributed by atoms with Crippen LogP contribution in [0.2, 0.25) is 0 Å². The van der Waals surface area contributed by atoms with E-state index in [4.69, 9.17) is 5.73 Å². The third-order valence-electron chi connectivity index (χ3n) is 2.10. The van der Waals surface area contributed by atoms with Crippen LogP contribution in [0.5, 0.6) is 0 Å². The summed E-state index contributed by atoms with van der Waals surface area (Å²) < 4.78 is 6.20. The highest BCUT2D eigenvalue weighted by Crippen LogP contribution is 2.03. The summed E-state index contributed by atoms with van der Waals surface area (Å²) in [6, 6.07) is 0. The van der Waals surface area contributed by atoms with Gasteiger partial charge in [0, 0.05) is 14.1 Å². The molecule has 0 atom stereocenters. The second-order valence-electron chi connectivity index (χ2n) is 2.96. The number of rotatable bonds is 1. The number of carbonyl (C=O) groups is 1. The van der Waals surface area contributed by atoms with Crippen LogP contribution in [0.25, 0.3) is 0 Å².